The molecule has 0 atom stereocenters. The Morgan fingerprint density at radius 3 is 2.31 bits per heavy atom. The summed E-state index contributed by atoms with van der Waals surface area (Å²) in [5.41, 5.74) is 3.36. The largest absolute Gasteiger partial charge is 0.305 e. The molecule has 0 fully saturated rings. The molecule has 3 nitrogen and oxygen atoms in total. The molecule has 0 saturated carbocycles. The molecule has 0 spiro atoms. The third-order valence-corrected chi connectivity index (χ3v) is 2.58. The standard InChI is InChI=1S/C12H9BrN2O/c13-11-6-4-10(5-7-11)12(16)14-15-8-2-1-3-9-15/h1-9H/p+1. The van der Waals surface area contributed by atoms with Crippen molar-refractivity contribution in [3.05, 3.63) is 64.9 Å². The summed E-state index contributed by atoms with van der Waals surface area (Å²) in [5, 5.41) is 0. The molecule has 16 heavy (non-hydrogen) atoms. The van der Waals surface area contributed by atoms with E-state index in [-0.39, 0.29) is 5.91 Å². The summed E-state index contributed by atoms with van der Waals surface area (Å²) in [4.78, 5) is 11.8. The fourth-order valence-electron chi connectivity index (χ4n) is 1.26. The summed E-state index contributed by atoms with van der Waals surface area (Å²) in [6.07, 6.45) is 3.55. The highest BCUT2D eigenvalue weighted by atomic mass is 79.9. The van der Waals surface area contributed by atoms with Gasteiger partial charge in [-0.05, 0) is 24.3 Å². The second-order valence-corrected chi connectivity index (χ2v) is 4.15. The van der Waals surface area contributed by atoms with Gasteiger partial charge in [-0.1, -0.05) is 26.7 Å². The Bertz CT molecular complexity index is 482. The Kier molecular flexibility index (Phi) is 3.31. The first-order valence-electron chi connectivity index (χ1n) is 4.79. The quantitative estimate of drug-likeness (QED) is 0.839. The highest BCUT2D eigenvalue weighted by molar-refractivity contribution is 9.10. The average Bonchev–Trinajstić information content (AvgIpc) is 2.31. The summed E-state index contributed by atoms with van der Waals surface area (Å²) in [5.74, 6) is -0.135. The van der Waals surface area contributed by atoms with Crippen molar-refractivity contribution in [2.24, 2.45) is 0 Å². The van der Waals surface area contributed by atoms with Crippen molar-refractivity contribution in [2.75, 3.05) is 5.43 Å². The van der Waals surface area contributed by atoms with E-state index in [4.69, 9.17) is 0 Å². The van der Waals surface area contributed by atoms with Gasteiger partial charge in [0.15, 0.2) is 12.4 Å². The van der Waals surface area contributed by atoms with Crippen molar-refractivity contribution in [2.45, 2.75) is 0 Å². The maximum Gasteiger partial charge on any atom is 0.305 e. The number of nitrogens with zero attached hydrogens (tertiary/aromatic N) is 1. The average molecular weight is 278 g/mol. The van der Waals surface area contributed by atoms with Crippen LogP contribution in [0.2, 0.25) is 0 Å². The summed E-state index contributed by atoms with van der Waals surface area (Å²) in [6, 6.07) is 12.8. The van der Waals surface area contributed by atoms with Gasteiger partial charge in [-0.3, -0.25) is 4.79 Å². The van der Waals surface area contributed by atoms with Gasteiger partial charge >= 0.3 is 5.91 Å². The number of carbonyl (C=O) groups is 1. The van der Waals surface area contributed by atoms with Gasteiger partial charge in [0.25, 0.3) is 0 Å². The molecule has 0 aliphatic carbocycles. The molecule has 1 aromatic heterocycles. The van der Waals surface area contributed by atoms with Crippen LogP contribution in [0.1, 0.15) is 10.4 Å². The zero-order valence-electron chi connectivity index (χ0n) is 8.43. The number of hydrogen-bond donors (Lipinski definition) is 1. The third kappa shape index (κ3) is 2.67. The smallest absolute Gasteiger partial charge is 0.264 e. The van der Waals surface area contributed by atoms with Crippen LogP contribution in [-0.4, -0.2) is 5.91 Å². The van der Waals surface area contributed by atoms with Crippen LogP contribution in [0, 0.1) is 0 Å². The van der Waals surface area contributed by atoms with E-state index in [9.17, 15) is 4.79 Å². The van der Waals surface area contributed by atoms with E-state index < -0.39 is 0 Å². The second-order valence-electron chi connectivity index (χ2n) is 3.23. The van der Waals surface area contributed by atoms with Gasteiger partial charge in [0.1, 0.15) is 0 Å². The van der Waals surface area contributed by atoms with Gasteiger partial charge in [-0.25, -0.2) is 0 Å². The first-order chi connectivity index (χ1) is 7.75. The van der Waals surface area contributed by atoms with E-state index in [2.05, 4.69) is 21.4 Å². The maximum absolute atomic E-state index is 11.8. The fourth-order valence-corrected chi connectivity index (χ4v) is 1.52. The Morgan fingerprint density at radius 2 is 1.69 bits per heavy atom. The van der Waals surface area contributed by atoms with Gasteiger partial charge in [-0.2, -0.15) is 0 Å². The predicted molar refractivity (Wildman–Crippen MR) is 64.5 cm³/mol. The molecule has 1 aromatic carbocycles. The molecule has 1 heterocycles. The van der Waals surface area contributed by atoms with Crippen molar-refractivity contribution >= 4 is 21.8 Å². The first kappa shape index (κ1) is 10.8. The van der Waals surface area contributed by atoms with Crippen LogP contribution in [0.5, 0.6) is 0 Å². The minimum absolute atomic E-state index is 0.135. The van der Waals surface area contributed by atoms with Gasteiger partial charge in [-0.15, -0.1) is 5.43 Å². The lowest BCUT2D eigenvalue weighted by Gasteiger charge is -1.99. The van der Waals surface area contributed by atoms with Crippen LogP contribution in [0.3, 0.4) is 0 Å². The topological polar surface area (TPSA) is 33.0 Å². The summed E-state index contributed by atoms with van der Waals surface area (Å²) < 4.78 is 2.57. The van der Waals surface area contributed by atoms with Crippen molar-refractivity contribution in [3.63, 3.8) is 0 Å². The number of amides is 1. The molecule has 2 rings (SSSR count). The normalized spacial score (nSPS) is 9.81. The molecule has 80 valence electrons. The van der Waals surface area contributed by atoms with Crippen LogP contribution >= 0.6 is 15.9 Å². The van der Waals surface area contributed by atoms with Crippen molar-refractivity contribution in [1.29, 1.82) is 0 Å². The summed E-state index contributed by atoms with van der Waals surface area (Å²) in [7, 11) is 0. The Hall–Kier alpha value is -1.68. The minimum Gasteiger partial charge on any atom is -0.264 e. The number of carbonyl (C=O) groups excluding carboxylic acids is 1. The van der Waals surface area contributed by atoms with E-state index in [1.165, 1.54) is 0 Å². The molecule has 1 amide bonds. The number of hydrogen-bond acceptors (Lipinski definition) is 1. The van der Waals surface area contributed by atoms with Gasteiger partial charge in [0, 0.05) is 22.2 Å². The van der Waals surface area contributed by atoms with Crippen LogP contribution in [0.25, 0.3) is 0 Å². The van der Waals surface area contributed by atoms with Gasteiger partial charge in [0.2, 0.25) is 0 Å². The van der Waals surface area contributed by atoms with E-state index >= 15 is 0 Å². The predicted octanol–water partition coefficient (Wildman–Crippen LogP) is 2.12. The number of nitrogens with one attached hydrogen (secondary N) is 1. The van der Waals surface area contributed by atoms with Gasteiger partial charge in [0.05, 0.1) is 0 Å². The molecule has 0 aliphatic heterocycles. The van der Waals surface area contributed by atoms with E-state index in [1.807, 2.05) is 30.3 Å². The molecule has 0 bridgehead atoms. The van der Waals surface area contributed by atoms with Crippen molar-refractivity contribution in [3.8, 4) is 0 Å². The van der Waals surface area contributed by atoms with Crippen LogP contribution in [-0.2, 0) is 0 Å². The van der Waals surface area contributed by atoms with Crippen molar-refractivity contribution < 1.29 is 9.47 Å². The zero-order chi connectivity index (χ0) is 11.4. The molecule has 0 saturated heterocycles. The second kappa shape index (κ2) is 4.90. The van der Waals surface area contributed by atoms with Crippen LogP contribution < -0.4 is 10.1 Å². The highest BCUT2D eigenvalue weighted by Gasteiger charge is 2.09. The lowest BCUT2D eigenvalue weighted by atomic mass is 10.2. The Morgan fingerprint density at radius 1 is 1.06 bits per heavy atom. The molecular weight excluding hydrogens is 268 g/mol. The summed E-state index contributed by atoms with van der Waals surface area (Å²) in [6.45, 7) is 0. The maximum atomic E-state index is 11.8. The summed E-state index contributed by atoms with van der Waals surface area (Å²) >= 11 is 3.32. The van der Waals surface area contributed by atoms with Gasteiger partial charge < -0.3 is 0 Å². The Labute approximate surface area is 102 Å². The van der Waals surface area contributed by atoms with Crippen molar-refractivity contribution in [1.82, 2.24) is 0 Å². The molecule has 2 aromatic rings. The zero-order valence-corrected chi connectivity index (χ0v) is 10.0. The number of pyridine rings is 1. The number of benzene rings is 1. The lowest BCUT2D eigenvalue weighted by Crippen LogP contribution is -2.47. The number of rotatable bonds is 2. The van der Waals surface area contributed by atoms with Crippen LogP contribution in [0.15, 0.2) is 59.3 Å². The monoisotopic (exact) mass is 277 g/mol. The minimum atomic E-state index is -0.135. The molecule has 4 heteroatoms. The molecule has 0 radical (unpaired) electrons. The molecular formula is C12H10BrN2O+. The fraction of sp³-hybridized carbons (Fsp3) is 0. The third-order valence-electron chi connectivity index (χ3n) is 2.05. The SMILES string of the molecule is O=C(N[n+]1ccccc1)c1ccc(Br)cc1. The molecule has 0 unspecified atom stereocenters. The van der Waals surface area contributed by atoms with E-state index in [0.29, 0.717) is 5.56 Å². The highest BCUT2D eigenvalue weighted by Crippen LogP contribution is 2.10. The molecule has 0 aliphatic rings. The first-order valence-corrected chi connectivity index (χ1v) is 5.58. The van der Waals surface area contributed by atoms with Crippen LogP contribution in [0.4, 0.5) is 0 Å². The lowest BCUT2D eigenvalue weighted by molar-refractivity contribution is -0.641. The molecule has 1 N–H and O–H groups in total. The van der Waals surface area contributed by atoms with E-state index in [0.717, 1.165) is 4.47 Å². The number of aromatic nitrogens is 1. The van der Waals surface area contributed by atoms with E-state index in [1.54, 1.807) is 29.2 Å². The number of halogens is 1. The Balaban J connectivity index is 2.12.